The van der Waals surface area contributed by atoms with Crippen molar-refractivity contribution in [3.05, 3.63) is 77.6 Å². The summed E-state index contributed by atoms with van der Waals surface area (Å²) in [5.74, 6) is -1.38. The van der Waals surface area contributed by atoms with Gasteiger partial charge in [0.2, 0.25) is 0 Å². The van der Waals surface area contributed by atoms with E-state index in [0.717, 1.165) is 0 Å². The summed E-state index contributed by atoms with van der Waals surface area (Å²) in [7, 11) is 0. The highest BCUT2D eigenvalue weighted by molar-refractivity contribution is 5.35. The molecule has 0 radical (unpaired) electrons. The fraction of sp³-hybridized carbons (Fsp3) is 0.188. The van der Waals surface area contributed by atoms with Gasteiger partial charge in [0.25, 0.3) is 0 Å². The lowest BCUT2D eigenvalue weighted by atomic mass is 9.83. The highest BCUT2D eigenvalue weighted by Crippen LogP contribution is 2.37. The molecule has 0 spiro atoms. The highest BCUT2D eigenvalue weighted by Gasteiger charge is 2.37. The molecule has 23 heavy (non-hydrogen) atoms. The maximum absolute atomic E-state index is 13.2. The van der Waals surface area contributed by atoms with Gasteiger partial charge in [0.1, 0.15) is 18.0 Å². The van der Waals surface area contributed by atoms with Crippen LogP contribution in [0.2, 0.25) is 0 Å². The van der Waals surface area contributed by atoms with Gasteiger partial charge in [-0.25, -0.2) is 13.5 Å². The Bertz CT molecular complexity index is 725. The van der Waals surface area contributed by atoms with Crippen molar-refractivity contribution in [3.8, 4) is 0 Å². The van der Waals surface area contributed by atoms with Gasteiger partial charge in [-0.3, -0.25) is 0 Å². The molecule has 0 fully saturated rings. The van der Waals surface area contributed by atoms with Crippen molar-refractivity contribution in [1.82, 2.24) is 20.2 Å². The summed E-state index contributed by atoms with van der Waals surface area (Å²) in [6, 6.07) is 11.5. The molecule has 0 aliphatic carbocycles. The molecule has 0 aliphatic rings. The molecule has 1 heterocycles. The highest BCUT2D eigenvalue weighted by atomic mass is 19.1. The fourth-order valence-electron chi connectivity index (χ4n) is 2.64. The van der Waals surface area contributed by atoms with Crippen molar-refractivity contribution < 1.29 is 13.9 Å². The van der Waals surface area contributed by atoms with Crippen LogP contribution in [0.4, 0.5) is 8.78 Å². The first-order chi connectivity index (χ1) is 11.0. The van der Waals surface area contributed by atoms with Crippen LogP contribution >= 0.6 is 0 Å². The van der Waals surface area contributed by atoms with Crippen molar-refractivity contribution in [2.75, 3.05) is 0 Å². The Labute approximate surface area is 131 Å². The molecule has 1 N–H and O–H groups in total. The molecule has 0 bridgehead atoms. The average molecular weight is 316 g/mol. The van der Waals surface area contributed by atoms with E-state index in [1.165, 1.54) is 35.3 Å². The molecule has 1 aromatic heterocycles. The van der Waals surface area contributed by atoms with Gasteiger partial charge in [-0.1, -0.05) is 24.3 Å². The number of benzene rings is 2. The van der Waals surface area contributed by atoms with E-state index >= 15 is 0 Å². The van der Waals surface area contributed by atoms with Gasteiger partial charge in [-0.15, -0.1) is 5.10 Å². The van der Waals surface area contributed by atoms with Crippen LogP contribution in [0.25, 0.3) is 0 Å². The number of halogens is 2. The molecule has 1 atom stereocenters. The molecule has 7 heteroatoms. The Hall–Kier alpha value is -2.67. The number of tetrazole rings is 1. The molecule has 118 valence electrons. The molecule has 2 aromatic carbocycles. The first-order valence-electron chi connectivity index (χ1n) is 6.95. The Morgan fingerprint density at radius 3 is 1.83 bits per heavy atom. The minimum absolute atomic E-state index is 0.381. The average Bonchev–Trinajstić information content (AvgIpc) is 3.06. The van der Waals surface area contributed by atoms with Crippen LogP contribution in [-0.2, 0) is 5.72 Å². The summed E-state index contributed by atoms with van der Waals surface area (Å²) in [4.78, 5) is 0. The van der Waals surface area contributed by atoms with E-state index in [1.54, 1.807) is 31.2 Å². The fourth-order valence-corrected chi connectivity index (χ4v) is 2.64. The number of aromatic nitrogens is 4. The van der Waals surface area contributed by atoms with Crippen LogP contribution in [-0.4, -0.2) is 25.3 Å². The smallest absolute Gasteiger partial charge is 0.169 e. The summed E-state index contributed by atoms with van der Waals surface area (Å²) in [6.45, 7) is 1.54. The third-order valence-electron chi connectivity index (χ3n) is 3.77. The summed E-state index contributed by atoms with van der Waals surface area (Å²) < 4.78 is 27.7. The molecular formula is C16H14F2N4O. The third-order valence-corrected chi connectivity index (χ3v) is 3.77. The molecule has 5 nitrogen and oxygen atoms in total. The van der Waals surface area contributed by atoms with Gasteiger partial charge in [-0.2, -0.15) is 0 Å². The summed E-state index contributed by atoms with van der Waals surface area (Å²) in [5.41, 5.74) is -0.226. The lowest BCUT2D eigenvalue weighted by Crippen LogP contribution is -2.38. The second kappa shape index (κ2) is 5.85. The number of hydrogen-bond acceptors (Lipinski definition) is 4. The number of rotatable bonds is 4. The van der Waals surface area contributed by atoms with E-state index in [0.29, 0.717) is 11.1 Å². The van der Waals surface area contributed by atoms with E-state index in [4.69, 9.17) is 0 Å². The minimum Gasteiger partial charge on any atom is -0.368 e. The molecular weight excluding hydrogens is 302 g/mol. The summed E-state index contributed by atoms with van der Waals surface area (Å²) in [6.07, 6.45) is 1.29. The second-order valence-electron chi connectivity index (χ2n) is 5.38. The number of hydrogen-bond donors (Lipinski definition) is 1. The van der Waals surface area contributed by atoms with E-state index in [9.17, 15) is 13.9 Å². The van der Waals surface area contributed by atoms with E-state index in [1.807, 2.05) is 0 Å². The Balaban J connectivity index is 2.13. The predicted octanol–water partition coefficient (Wildman–Crippen LogP) is 2.45. The molecule has 3 aromatic rings. The van der Waals surface area contributed by atoms with E-state index < -0.39 is 11.6 Å². The van der Waals surface area contributed by atoms with Gasteiger partial charge in [0.15, 0.2) is 5.72 Å². The summed E-state index contributed by atoms with van der Waals surface area (Å²) in [5, 5.41) is 21.8. The quantitative estimate of drug-likeness (QED) is 0.803. The number of nitrogens with zero attached hydrogens (tertiary/aromatic N) is 4. The zero-order chi connectivity index (χ0) is 16.4. The Morgan fingerprint density at radius 1 is 0.957 bits per heavy atom. The van der Waals surface area contributed by atoms with Crippen LogP contribution in [0.3, 0.4) is 0 Å². The normalized spacial score (nSPS) is 14.0. The van der Waals surface area contributed by atoms with E-state index in [-0.39, 0.29) is 11.6 Å². The van der Waals surface area contributed by atoms with E-state index in [2.05, 4.69) is 15.5 Å². The molecule has 0 saturated heterocycles. The molecule has 1 unspecified atom stereocenters. The molecule has 0 amide bonds. The van der Waals surface area contributed by atoms with Crippen molar-refractivity contribution in [1.29, 1.82) is 0 Å². The molecule has 3 rings (SSSR count). The van der Waals surface area contributed by atoms with Gasteiger partial charge >= 0.3 is 0 Å². The van der Waals surface area contributed by atoms with Crippen LogP contribution in [0.15, 0.2) is 54.9 Å². The largest absolute Gasteiger partial charge is 0.368 e. The zero-order valence-electron chi connectivity index (χ0n) is 12.3. The van der Waals surface area contributed by atoms with Crippen LogP contribution in [0.1, 0.15) is 24.0 Å². The van der Waals surface area contributed by atoms with Crippen LogP contribution < -0.4 is 0 Å². The predicted molar refractivity (Wildman–Crippen MR) is 78.3 cm³/mol. The monoisotopic (exact) mass is 316 g/mol. The molecule has 0 saturated carbocycles. The third kappa shape index (κ3) is 2.95. The first kappa shape index (κ1) is 15.2. The lowest BCUT2D eigenvalue weighted by molar-refractivity contribution is -0.0473. The second-order valence-corrected chi connectivity index (χ2v) is 5.38. The van der Waals surface area contributed by atoms with Gasteiger partial charge in [0, 0.05) is 0 Å². The molecule has 0 aliphatic heterocycles. The minimum atomic E-state index is -1.53. The lowest BCUT2D eigenvalue weighted by Gasteiger charge is -2.33. The topological polar surface area (TPSA) is 63.8 Å². The maximum atomic E-state index is 13.2. The standard InChI is InChI=1S/C16H14F2N4O/c1-16(23,22-10-19-20-21-22)15(11-2-6-13(17)7-3-11)12-4-8-14(18)9-5-12/h2-10,15,23H,1H3. The van der Waals surface area contributed by atoms with Crippen molar-refractivity contribution in [3.63, 3.8) is 0 Å². The van der Waals surface area contributed by atoms with Gasteiger partial charge in [-0.05, 0) is 52.7 Å². The van der Waals surface area contributed by atoms with Crippen LogP contribution in [0, 0.1) is 11.6 Å². The van der Waals surface area contributed by atoms with Gasteiger partial charge < -0.3 is 5.11 Å². The Kier molecular flexibility index (Phi) is 3.87. The summed E-state index contributed by atoms with van der Waals surface area (Å²) >= 11 is 0. The van der Waals surface area contributed by atoms with Crippen molar-refractivity contribution in [2.24, 2.45) is 0 Å². The SMILES string of the molecule is CC(O)(C(c1ccc(F)cc1)c1ccc(F)cc1)n1cnnn1. The number of aliphatic hydroxyl groups is 1. The van der Waals surface area contributed by atoms with Crippen molar-refractivity contribution >= 4 is 0 Å². The first-order valence-corrected chi connectivity index (χ1v) is 6.95. The van der Waals surface area contributed by atoms with Crippen LogP contribution in [0.5, 0.6) is 0 Å². The Morgan fingerprint density at radius 2 is 1.43 bits per heavy atom. The zero-order valence-corrected chi connectivity index (χ0v) is 12.3. The van der Waals surface area contributed by atoms with Gasteiger partial charge in [0.05, 0.1) is 5.92 Å². The van der Waals surface area contributed by atoms with Crippen molar-refractivity contribution in [2.45, 2.75) is 18.6 Å². The maximum Gasteiger partial charge on any atom is 0.169 e.